The number of methoxy groups -OCH3 is 1. The molecule has 3 aromatic rings. The number of fused-ring (bicyclic) bond motifs is 1. The van der Waals surface area contributed by atoms with Gasteiger partial charge in [0.1, 0.15) is 30.1 Å². The monoisotopic (exact) mass is 491 g/mol. The van der Waals surface area contributed by atoms with E-state index in [4.69, 9.17) is 9.47 Å². The predicted molar refractivity (Wildman–Crippen MR) is 137 cm³/mol. The Hall–Kier alpha value is -3.33. The van der Waals surface area contributed by atoms with Crippen LogP contribution in [-0.4, -0.2) is 53.8 Å². The van der Waals surface area contributed by atoms with Gasteiger partial charge in [0.05, 0.1) is 25.8 Å². The molecule has 1 aliphatic heterocycles. The zero-order valence-electron chi connectivity index (χ0n) is 21.0. The lowest BCUT2D eigenvalue weighted by Crippen LogP contribution is -2.56. The number of nitrogens with one attached hydrogen (secondary N) is 1. The van der Waals surface area contributed by atoms with E-state index in [1.807, 2.05) is 68.4 Å². The second kappa shape index (κ2) is 11.2. The number of hydrogen-bond donors (Lipinski definition) is 1. The van der Waals surface area contributed by atoms with Crippen LogP contribution in [0.2, 0.25) is 0 Å². The van der Waals surface area contributed by atoms with E-state index >= 15 is 0 Å². The highest BCUT2D eigenvalue weighted by Crippen LogP contribution is 2.25. The molecule has 0 aliphatic carbocycles. The minimum absolute atomic E-state index is 0.0354. The van der Waals surface area contributed by atoms with Gasteiger partial charge in [-0.15, -0.1) is 0 Å². The SMILES string of the molecule is COc1ccc(COC2CC[N+]([O-])(C(=O)[C@H](CC(C)C)NC(=O)c3ccc4ccccc4n3)C2)cc1. The van der Waals surface area contributed by atoms with Gasteiger partial charge in [0.15, 0.2) is 0 Å². The third-order valence-electron chi connectivity index (χ3n) is 6.50. The first-order chi connectivity index (χ1) is 17.3. The molecule has 36 heavy (non-hydrogen) atoms. The molecular formula is C28H33N3O5. The van der Waals surface area contributed by atoms with Crippen molar-refractivity contribution in [3.63, 3.8) is 0 Å². The summed E-state index contributed by atoms with van der Waals surface area (Å²) >= 11 is 0. The first-order valence-electron chi connectivity index (χ1n) is 12.3. The summed E-state index contributed by atoms with van der Waals surface area (Å²) in [5, 5.41) is 17.3. The number of likely N-dealkylation sites (tertiary alicyclic amines) is 1. The molecule has 2 heterocycles. The van der Waals surface area contributed by atoms with Crippen molar-refractivity contribution in [2.45, 2.75) is 45.4 Å². The number of aromatic nitrogens is 1. The van der Waals surface area contributed by atoms with E-state index < -0.39 is 22.5 Å². The maximum Gasteiger partial charge on any atom is 0.336 e. The largest absolute Gasteiger partial charge is 0.625 e. The summed E-state index contributed by atoms with van der Waals surface area (Å²) in [5.74, 6) is -0.121. The van der Waals surface area contributed by atoms with Crippen molar-refractivity contribution in [1.82, 2.24) is 10.3 Å². The second-order valence-electron chi connectivity index (χ2n) is 9.75. The van der Waals surface area contributed by atoms with Crippen LogP contribution in [0, 0.1) is 11.1 Å². The third-order valence-corrected chi connectivity index (χ3v) is 6.50. The quantitative estimate of drug-likeness (QED) is 0.355. The Morgan fingerprint density at radius 2 is 1.86 bits per heavy atom. The van der Waals surface area contributed by atoms with Gasteiger partial charge in [-0.1, -0.05) is 50.2 Å². The Morgan fingerprint density at radius 3 is 2.58 bits per heavy atom. The van der Waals surface area contributed by atoms with Crippen molar-refractivity contribution in [3.8, 4) is 5.75 Å². The summed E-state index contributed by atoms with van der Waals surface area (Å²) in [6, 6.07) is 17.6. The number of rotatable bonds is 9. The first-order valence-corrected chi connectivity index (χ1v) is 12.3. The van der Waals surface area contributed by atoms with Crippen LogP contribution >= 0.6 is 0 Å². The summed E-state index contributed by atoms with van der Waals surface area (Å²) in [6.07, 6.45) is 0.531. The average Bonchev–Trinajstić information content (AvgIpc) is 3.28. The van der Waals surface area contributed by atoms with Gasteiger partial charge in [0.2, 0.25) is 0 Å². The number of carbonyl (C=O) groups is 2. The maximum atomic E-state index is 13.5. The maximum absolute atomic E-state index is 13.5. The lowest BCUT2D eigenvalue weighted by Gasteiger charge is -2.38. The second-order valence-corrected chi connectivity index (χ2v) is 9.75. The number of ether oxygens (including phenoxy) is 2. The molecule has 1 N–H and O–H groups in total. The Balaban J connectivity index is 1.41. The van der Waals surface area contributed by atoms with Crippen molar-refractivity contribution in [2.24, 2.45) is 5.92 Å². The number of quaternary nitrogens is 1. The summed E-state index contributed by atoms with van der Waals surface area (Å²) in [7, 11) is 1.61. The highest BCUT2D eigenvalue weighted by molar-refractivity contribution is 5.97. The van der Waals surface area contributed by atoms with Gasteiger partial charge in [-0.2, -0.15) is 0 Å². The highest BCUT2D eigenvalue weighted by atomic mass is 16.6. The Kier molecular flexibility index (Phi) is 7.98. The van der Waals surface area contributed by atoms with Gasteiger partial charge < -0.3 is 20.0 Å². The summed E-state index contributed by atoms with van der Waals surface area (Å²) in [5.41, 5.74) is 1.88. The lowest BCUT2D eigenvalue weighted by atomic mass is 10.0. The first kappa shape index (κ1) is 25.8. The molecule has 0 radical (unpaired) electrons. The van der Waals surface area contributed by atoms with E-state index in [0.29, 0.717) is 25.0 Å². The van der Waals surface area contributed by atoms with E-state index in [1.54, 1.807) is 13.2 Å². The fourth-order valence-corrected chi connectivity index (χ4v) is 4.54. The van der Waals surface area contributed by atoms with E-state index in [-0.39, 0.29) is 30.8 Å². The van der Waals surface area contributed by atoms with Crippen LogP contribution in [-0.2, 0) is 16.1 Å². The molecule has 1 aliphatic rings. The number of hydroxylamine groups is 3. The molecule has 1 saturated heterocycles. The van der Waals surface area contributed by atoms with Crippen LogP contribution in [0.4, 0.5) is 0 Å². The van der Waals surface area contributed by atoms with Gasteiger partial charge >= 0.3 is 5.91 Å². The highest BCUT2D eigenvalue weighted by Gasteiger charge is 2.42. The molecule has 8 nitrogen and oxygen atoms in total. The van der Waals surface area contributed by atoms with Crippen molar-refractivity contribution < 1.29 is 23.7 Å². The molecule has 190 valence electrons. The van der Waals surface area contributed by atoms with Crippen LogP contribution in [0.1, 0.15) is 42.7 Å². The minimum atomic E-state index is -1.00. The van der Waals surface area contributed by atoms with E-state index in [2.05, 4.69) is 10.3 Å². The molecule has 2 unspecified atom stereocenters. The Bertz CT molecular complexity index is 1210. The van der Waals surface area contributed by atoms with Crippen molar-refractivity contribution in [3.05, 3.63) is 77.1 Å². The van der Waals surface area contributed by atoms with Gasteiger partial charge in [-0.05, 0) is 42.2 Å². The van der Waals surface area contributed by atoms with E-state index in [1.165, 1.54) is 0 Å². The molecule has 0 bridgehead atoms. The molecule has 1 fully saturated rings. The van der Waals surface area contributed by atoms with Crippen LogP contribution < -0.4 is 10.1 Å². The summed E-state index contributed by atoms with van der Waals surface area (Å²) in [4.78, 5) is 30.9. The normalized spacial score (nSPS) is 20.4. The molecule has 2 aromatic carbocycles. The minimum Gasteiger partial charge on any atom is -0.625 e. The Morgan fingerprint density at radius 1 is 1.11 bits per heavy atom. The van der Waals surface area contributed by atoms with E-state index in [9.17, 15) is 14.8 Å². The predicted octanol–water partition coefficient (Wildman–Crippen LogP) is 4.22. The molecule has 2 amide bonds. The zero-order chi connectivity index (χ0) is 25.7. The number of amides is 2. The molecule has 8 heteroatoms. The fourth-order valence-electron chi connectivity index (χ4n) is 4.54. The lowest BCUT2D eigenvalue weighted by molar-refractivity contribution is -0.793. The smallest absolute Gasteiger partial charge is 0.336 e. The number of nitrogens with zero attached hydrogens (tertiary/aromatic N) is 2. The van der Waals surface area contributed by atoms with Gasteiger partial charge in [-0.3, -0.25) is 9.44 Å². The van der Waals surface area contributed by atoms with E-state index in [0.717, 1.165) is 16.7 Å². The molecular weight excluding hydrogens is 458 g/mol. The van der Waals surface area contributed by atoms with Crippen molar-refractivity contribution >= 4 is 22.7 Å². The number of hydrogen-bond acceptors (Lipinski definition) is 6. The van der Waals surface area contributed by atoms with Gasteiger partial charge in [-0.25, -0.2) is 9.78 Å². The van der Waals surface area contributed by atoms with Crippen LogP contribution in [0.3, 0.4) is 0 Å². The number of benzene rings is 2. The van der Waals surface area contributed by atoms with Crippen LogP contribution in [0.5, 0.6) is 5.75 Å². The van der Waals surface area contributed by atoms with Crippen LogP contribution in [0.25, 0.3) is 10.9 Å². The van der Waals surface area contributed by atoms with Gasteiger partial charge in [0, 0.05) is 11.8 Å². The van der Waals surface area contributed by atoms with Crippen LogP contribution in [0.15, 0.2) is 60.7 Å². The topological polar surface area (TPSA) is 101 Å². The molecule has 0 saturated carbocycles. The average molecular weight is 492 g/mol. The number of para-hydroxylation sites is 1. The van der Waals surface area contributed by atoms with Crippen molar-refractivity contribution in [2.75, 3.05) is 20.2 Å². The summed E-state index contributed by atoms with van der Waals surface area (Å²) in [6.45, 7) is 4.43. The number of pyridine rings is 1. The molecule has 4 rings (SSSR count). The zero-order valence-corrected chi connectivity index (χ0v) is 21.0. The summed E-state index contributed by atoms with van der Waals surface area (Å²) < 4.78 is 10.1. The van der Waals surface area contributed by atoms with Gasteiger partial charge in [0.25, 0.3) is 5.91 Å². The molecule has 0 spiro atoms. The fraction of sp³-hybridized carbons (Fsp3) is 0.393. The third kappa shape index (κ3) is 6.07. The molecule has 1 aromatic heterocycles. The Labute approximate surface area is 211 Å². The standard InChI is InChI=1S/C28H33N3O5/c1-19(2)16-26(30-27(32)25-13-10-21-6-4-5-7-24(21)29-25)28(33)31(34)15-14-23(17-31)36-18-20-8-11-22(35-3)12-9-20/h4-13,19,23,26H,14-18H2,1-3H3,(H,30,32)/t23?,26-,31?/m0/s1. The van der Waals surface area contributed by atoms with Crippen molar-refractivity contribution in [1.29, 1.82) is 0 Å². The number of carbonyl (C=O) groups excluding carboxylic acids is 2. The molecule has 3 atom stereocenters.